The molecule has 2 rings (SSSR count). The number of rotatable bonds is 6. The zero-order valence-corrected chi connectivity index (χ0v) is 26.1. The first-order valence-corrected chi connectivity index (χ1v) is 30.6. The van der Waals surface area contributed by atoms with E-state index in [-0.39, 0.29) is 0 Å². The van der Waals surface area contributed by atoms with Crippen molar-refractivity contribution in [3.8, 4) is 0 Å². The monoisotopic (exact) mass is 753 g/mol. The van der Waals surface area contributed by atoms with E-state index in [9.17, 15) is 43.9 Å². The molecule has 0 fully saturated rings. The summed E-state index contributed by atoms with van der Waals surface area (Å²) in [7, 11) is 1.05. The topological polar surface area (TPSA) is 18.8 Å². The van der Waals surface area contributed by atoms with Crippen LogP contribution in [0.15, 0.2) is 4.36 Å². The maximum atomic E-state index is 14.9. The molecule has 2 aromatic carbocycles. The summed E-state index contributed by atoms with van der Waals surface area (Å²) in [5.41, 5.74) is -2.74. The fourth-order valence-corrected chi connectivity index (χ4v) is 23.4. The predicted octanol–water partition coefficient (Wildman–Crippen LogP) is 7.32. The minimum atomic E-state index is -4.18. The summed E-state index contributed by atoms with van der Waals surface area (Å²) in [4.78, 5) is 8.96. The predicted molar refractivity (Wildman–Crippen MR) is 120 cm³/mol. The van der Waals surface area contributed by atoms with Gasteiger partial charge in [0.05, 0.1) is 0 Å². The molecule has 0 heterocycles. The van der Waals surface area contributed by atoms with Gasteiger partial charge in [-0.1, -0.05) is 0 Å². The average Bonchev–Trinajstić information content (AvgIpc) is 2.75. The Bertz CT molecular complexity index is 1060. The van der Waals surface area contributed by atoms with Crippen molar-refractivity contribution in [1.82, 2.24) is 0 Å². The van der Waals surface area contributed by atoms with Gasteiger partial charge in [-0.05, 0) is 0 Å². The van der Waals surface area contributed by atoms with Gasteiger partial charge in [-0.25, -0.2) is 0 Å². The molecule has 0 spiro atoms. The molecule has 2 aromatic rings. The normalized spacial score (nSPS) is 12.4. The fraction of sp³-hybridized carbons (Fsp3) is 0.368. The molecule has 16 heteroatoms. The van der Waals surface area contributed by atoms with Crippen LogP contribution in [0.25, 0.3) is 0 Å². The SMILES string of the molecule is CN=S([N](c1c(F)c(F)c(F)c(F)c1F)[Sn]([CH3])([CH3])[CH3])[N](c1c(F)c(F)c(F)c(F)c1F)[Sn]([CH3])([CH3])[CH3]. The second-order valence-corrected chi connectivity index (χ2v) is 40.0. The van der Waals surface area contributed by atoms with Crippen LogP contribution in [0.1, 0.15) is 0 Å². The van der Waals surface area contributed by atoms with Gasteiger partial charge < -0.3 is 0 Å². The van der Waals surface area contributed by atoms with Crippen molar-refractivity contribution in [2.24, 2.45) is 4.36 Å². The summed E-state index contributed by atoms with van der Waals surface area (Å²) in [6.45, 7) is 0. The molecule has 0 atom stereocenters. The summed E-state index contributed by atoms with van der Waals surface area (Å²) >= 11 is -10.6. The molecule has 0 radical (unpaired) electrons. The third kappa shape index (κ3) is 5.38. The van der Waals surface area contributed by atoms with E-state index in [2.05, 4.69) is 4.36 Å². The Hall–Kier alpha value is -0.913. The van der Waals surface area contributed by atoms with E-state index in [4.69, 9.17) is 0 Å². The molecule has 0 aliphatic heterocycles. The van der Waals surface area contributed by atoms with E-state index in [1.54, 1.807) is 0 Å². The summed E-state index contributed by atoms with van der Waals surface area (Å²) in [5.74, 6) is -22.6. The summed E-state index contributed by atoms with van der Waals surface area (Å²) in [5, 5.41) is 0. The van der Waals surface area contributed by atoms with Gasteiger partial charge in [0.15, 0.2) is 0 Å². The average molecular weight is 751 g/mol. The third-order valence-electron chi connectivity index (χ3n) is 4.49. The fourth-order valence-electron chi connectivity index (χ4n) is 3.11. The van der Waals surface area contributed by atoms with Gasteiger partial charge in [0.1, 0.15) is 0 Å². The molecule has 196 valence electrons. The molecular formula is C19H21F10N3SSn2. The summed E-state index contributed by atoms with van der Waals surface area (Å²) in [6, 6.07) is 0. The van der Waals surface area contributed by atoms with Gasteiger partial charge in [-0.2, -0.15) is 0 Å². The van der Waals surface area contributed by atoms with Crippen molar-refractivity contribution in [3.05, 3.63) is 58.2 Å². The molecule has 0 unspecified atom stereocenters. The standard InChI is InChI=1S/C13H3F10N3S.6CH3.2Sn/c1-24-27(25-12-8(20)4(16)2(14)5(17)9(12)21)26-13-10(22)6(18)3(15)7(19)11(13)23;;;;;;;;/h1H3;6*1H3;;/q-2;;;;;;;2*+1. The van der Waals surface area contributed by atoms with Crippen LogP contribution in [0.2, 0.25) is 29.6 Å². The molecule has 0 aromatic heterocycles. The summed E-state index contributed by atoms with van der Waals surface area (Å²) in [6.07, 6.45) is 0. The van der Waals surface area contributed by atoms with Gasteiger partial charge in [0.25, 0.3) is 0 Å². The molecule has 0 aliphatic rings. The van der Waals surface area contributed by atoms with Gasteiger partial charge >= 0.3 is 208 Å². The third-order valence-corrected chi connectivity index (χ3v) is 24.2. The first-order valence-electron chi connectivity index (χ1n) is 9.78. The van der Waals surface area contributed by atoms with Gasteiger partial charge in [0.2, 0.25) is 0 Å². The van der Waals surface area contributed by atoms with Crippen LogP contribution in [-0.2, 0) is 11.1 Å². The molecule has 0 saturated heterocycles. The number of benzene rings is 2. The van der Waals surface area contributed by atoms with Crippen LogP contribution in [0.5, 0.6) is 0 Å². The Kier molecular flexibility index (Phi) is 9.05. The van der Waals surface area contributed by atoms with E-state index < -0.39 is 118 Å². The molecule has 0 aliphatic carbocycles. The Labute approximate surface area is 206 Å². The van der Waals surface area contributed by atoms with E-state index in [0.29, 0.717) is 0 Å². The van der Waals surface area contributed by atoms with Crippen molar-refractivity contribution in [2.75, 3.05) is 12.1 Å². The Morgan fingerprint density at radius 1 is 0.457 bits per heavy atom. The van der Waals surface area contributed by atoms with Crippen molar-refractivity contribution < 1.29 is 43.9 Å². The van der Waals surface area contributed by atoms with Crippen molar-refractivity contribution >= 4 is 59.7 Å². The van der Waals surface area contributed by atoms with Crippen LogP contribution in [0.4, 0.5) is 55.3 Å². The number of hydrogen-bond donors (Lipinski definition) is 0. The van der Waals surface area contributed by atoms with Crippen molar-refractivity contribution in [3.63, 3.8) is 0 Å². The molecular weight excluding hydrogens is 730 g/mol. The molecule has 3 nitrogen and oxygen atoms in total. The van der Waals surface area contributed by atoms with Crippen molar-refractivity contribution in [1.29, 1.82) is 0 Å². The van der Waals surface area contributed by atoms with E-state index in [1.807, 2.05) is 0 Å². The first-order chi connectivity index (χ1) is 15.8. The number of halogens is 10. The molecule has 0 amide bonds. The van der Waals surface area contributed by atoms with E-state index in [0.717, 1.165) is 12.1 Å². The number of hydrogen-bond acceptors (Lipinski definition) is 1. The molecule has 0 N–H and O–H groups in total. The quantitative estimate of drug-likeness (QED) is 0.134. The molecule has 35 heavy (non-hydrogen) atoms. The van der Waals surface area contributed by atoms with Gasteiger partial charge in [-0.15, -0.1) is 0 Å². The van der Waals surface area contributed by atoms with Crippen LogP contribution >= 0.6 is 0 Å². The Morgan fingerprint density at radius 2 is 0.657 bits per heavy atom. The van der Waals surface area contributed by atoms with E-state index >= 15 is 0 Å². The van der Waals surface area contributed by atoms with Gasteiger partial charge in [0, 0.05) is 0 Å². The number of anilines is 2. The Morgan fingerprint density at radius 3 is 0.829 bits per heavy atom. The summed E-state index contributed by atoms with van der Waals surface area (Å²) < 4.78 is 149. The molecule has 0 saturated carbocycles. The molecule has 0 bridgehead atoms. The number of nitrogens with zero attached hydrogens (tertiary/aromatic N) is 3. The zero-order valence-electron chi connectivity index (χ0n) is 19.5. The Balaban J connectivity index is 3.07. The van der Waals surface area contributed by atoms with Gasteiger partial charge in [-0.3, -0.25) is 0 Å². The maximum absolute atomic E-state index is 14.9. The van der Waals surface area contributed by atoms with Crippen molar-refractivity contribution in [2.45, 2.75) is 29.6 Å². The van der Waals surface area contributed by atoms with E-state index in [1.165, 1.54) is 29.6 Å². The van der Waals surface area contributed by atoms with Crippen LogP contribution in [0, 0.1) is 58.2 Å². The zero-order chi connectivity index (χ0) is 27.4. The second kappa shape index (κ2) is 10.5. The van der Waals surface area contributed by atoms with Crippen LogP contribution < -0.4 is 5.05 Å². The first kappa shape index (κ1) is 30.3. The van der Waals surface area contributed by atoms with Crippen LogP contribution in [0.3, 0.4) is 0 Å². The van der Waals surface area contributed by atoms with Crippen LogP contribution in [-0.4, -0.2) is 44.3 Å². The second-order valence-electron chi connectivity index (χ2n) is 9.19. The minimum absolute atomic E-state index is 0.797.